The molecule has 1 heterocycles. The van der Waals surface area contributed by atoms with Crippen LogP contribution < -0.4 is 11.2 Å². The van der Waals surface area contributed by atoms with Gasteiger partial charge in [0.15, 0.2) is 5.82 Å². The zero-order valence-electron chi connectivity index (χ0n) is 11.4. The summed E-state index contributed by atoms with van der Waals surface area (Å²) in [4.78, 5) is 11.9. The molecular formula is C13H13BrFN5OS. The van der Waals surface area contributed by atoms with Gasteiger partial charge in [-0.05, 0) is 31.0 Å². The Hall–Kier alpha value is -1.61. The molecule has 0 aliphatic heterocycles. The maximum atomic E-state index is 13.6. The molecule has 1 saturated carbocycles. The Morgan fingerprint density at radius 1 is 1.50 bits per heavy atom. The van der Waals surface area contributed by atoms with Gasteiger partial charge in [-0.2, -0.15) is 0 Å². The molecule has 0 unspecified atom stereocenters. The van der Waals surface area contributed by atoms with Crippen LogP contribution in [0.1, 0.15) is 24.6 Å². The summed E-state index contributed by atoms with van der Waals surface area (Å²) in [5.74, 6) is 6.29. The van der Waals surface area contributed by atoms with Crippen molar-refractivity contribution >= 4 is 39.3 Å². The predicted octanol–water partition coefficient (Wildman–Crippen LogP) is 2.50. The fourth-order valence-corrected chi connectivity index (χ4v) is 2.91. The Kier molecular flexibility index (Phi) is 4.34. The maximum Gasteiger partial charge on any atom is 0.234 e. The van der Waals surface area contributed by atoms with Crippen LogP contribution in [0.3, 0.4) is 0 Å². The van der Waals surface area contributed by atoms with E-state index in [9.17, 15) is 9.18 Å². The minimum Gasteiger partial charge on any atom is -0.336 e. The van der Waals surface area contributed by atoms with Gasteiger partial charge >= 0.3 is 0 Å². The molecule has 22 heavy (non-hydrogen) atoms. The van der Waals surface area contributed by atoms with Crippen LogP contribution in [0.5, 0.6) is 0 Å². The van der Waals surface area contributed by atoms with Crippen molar-refractivity contribution in [2.45, 2.75) is 23.9 Å². The summed E-state index contributed by atoms with van der Waals surface area (Å²) in [6, 6.07) is 4.45. The van der Waals surface area contributed by atoms with Crippen molar-refractivity contribution in [1.29, 1.82) is 0 Å². The molecule has 3 rings (SSSR count). The molecule has 0 atom stereocenters. The number of amides is 1. The Morgan fingerprint density at radius 3 is 2.95 bits per heavy atom. The van der Waals surface area contributed by atoms with Crippen molar-refractivity contribution in [2.75, 3.05) is 16.9 Å². The number of thioether (sulfide) groups is 1. The lowest BCUT2D eigenvalue weighted by Crippen LogP contribution is -2.17. The number of hydrogen-bond acceptors (Lipinski definition) is 5. The van der Waals surface area contributed by atoms with Crippen LogP contribution >= 0.6 is 27.7 Å². The number of halogens is 2. The number of nitrogen functional groups attached to an aromatic ring is 1. The van der Waals surface area contributed by atoms with Crippen LogP contribution in [0.15, 0.2) is 27.8 Å². The van der Waals surface area contributed by atoms with Gasteiger partial charge < -0.3 is 11.2 Å². The summed E-state index contributed by atoms with van der Waals surface area (Å²) in [5.41, 5.74) is 0.140. The van der Waals surface area contributed by atoms with E-state index in [2.05, 4.69) is 31.4 Å². The van der Waals surface area contributed by atoms with E-state index >= 15 is 0 Å². The first-order valence-corrected chi connectivity index (χ1v) is 8.40. The van der Waals surface area contributed by atoms with E-state index in [4.69, 9.17) is 5.84 Å². The van der Waals surface area contributed by atoms with Crippen molar-refractivity contribution in [1.82, 2.24) is 14.9 Å². The molecule has 1 aromatic carbocycles. The second-order valence-electron chi connectivity index (χ2n) is 4.95. The molecule has 3 N–H and O–H groups in total. The highest BCUT2D eigenvalue weighted by Crippen LogP contribution is 2.39. The molecule has 1 amide bonds. The smallest absolute Gasteiger partial charge is 0.234 e. The highest BCUT2D eigenvalue weighted by Gasteiger charge is 2.30. The van der Waals surface area contributed by atoms with Crippen LogP contribution in [0.25, 0.3) is 0 Å². The van der Waals surface area contributed by atoms with Crippen LogP contribution in [-0.2, 0) is 4.79 Å². The number of benzene rings is 1. The van der Waals surface area contributed by atoms with Crippen molar-refractivity contribution in [2.24, 2.45) is 0 Å². The fourth-order valence-electron chi connectivity index (χ4n) is 1.91. The number of carbonyl (C=O) groups is 1. The SMILES string of the molecule is Nn1c(SCC(=O)Nc2ccc(Br)cc2F)nnc1C1CC1. The Balaban J connectivity index is 1.58. The summed E-state index contributed by atoms with van der Waals surface area (Å²) < 4.78 is 15.7. The van der Waals surface area contributed by atoms with E-state index in [1.165, 1.54) is 28.6 Å². The van der Waals surface area contributed by atoms with Gasteiger partial charge in [-0.15, -0.1) is 10.2 Å². The highest BCUT2D eigenvalue weighted by atomic mass is 79.9. The maximum absolute atomic E-state index is 13.6. The quantitative estimate of drug-likeness (QED) is 0.609. The van der Waals surface area contributed by atoms with E-state index < -0.39 is 5.82 Å². The van der Waals surface area contributed by atoms with Gasteiger partial charge in [-0.25, -0.2) is 9.07 Å². The van der Waals surface area contributed by atoms with E-state index in [0.29, 0.717) is 15.5 Å². The van der Waals surface area contributed by atoms with E-state index in [1.807, 2.05) is 0 Å². The van der Waals surface area contributed by atoms with Gasteiger partial charge in [0.25, 0.3) is 0 Å². The fraction of sp³-hybridized carbons (Fsp3) is 0.308. The Morgan fingerprint density at radius 2 is 2.27 bits per heavy atom. The van der Waals surface area contributed by atoms with Gasteiger partial charge in [-0.3, -0.25) is 4.79 Å². The molecule has 0 bridgehead atoms. The summed E-state index contributed by atoms with van der Waals surface area (Å²) in [6.07, 6.45) is 2.15. The summed E-state index contributed by atoms with van der Waals surface area (Å²) in [7, 11) is 0. The number of hydrogen-bond donors (Lipinski definition) is 2. The zero-order chi connectivity index (χ0) is 15.7. The van der Waals surface area contributed by atoms with Crippen molar-refractivity contribution in [3.05, 3.63) is 34.3 Å². The van der Waals surface area contributed by atoms with Crippen LogP contribution in [0.2, 0.25) is 0 Å². The first kappa shape index (κ1) is 15.3. The van der Waals surface area contributed by atoms with Crippen molar-refractivity contribution < 1.29 is 9.18 Å². The van der Waals surface area contributed by atoms with E-state index in [1.54, 1.807) is 6.07 Å². The Labute approximate surface area is 138 Å². The van der Waals surface area contributed by atoms with E-state index in [0.717, 1.165) is 18.7 Å². The molecule has 9 heteroatoms. The predicted molar refractivity (Wildman–Crippen MR) is 85.6 cm³/mol. The first-order chi connectivity index (χ1) is 10.5. The van der Waals surface area contributed by atoms with Crippen LogP contribution in [0, 0.1) is 5.82 Å². The number of anilines is 1. The third kappa shape index (κ3) is 3.41. The van der Waals surface area contributed by atoms with Crippen LogP contribution in [0.4, 0.5) is 10.1 Å². The van der Waals surface area contributed by atoms with Gasteiger partial charge in [0.05, 0.1) is 11.4 Å². The zero-order valence-corrected chi connectivity index (χ0v) is 13.8. The Bertz CT molecular complexity index is 718. The molecule has 0 spiro atoms. The molecule has 1 fully saturated rings. The lowest BCUT2D eigenvalue weighted by atomic mass is 10.3. The minimum absolute atomic E-state index is 0.0789. The standard InChI is InChI=1S/C13H13BrFN5OS/c14-8-3-4-10(9(15)5-8)17-11(21)6-22-13-19-18-12(20(13)16)7-1-2-7/h3-5,7H,1-2,6,16H2,(H,17,21). The molecular weight excluding hydrogens is 373 g/mol. The lowest BCUT2D eigenvalue weighted by molar-refractivity contribution is -0.113. The first-order valence-electron chi connectivity index (χ1n) is 6.62. The third-order valence-electron chi connectivity index (χ3n) is 3.17. The normalized spacial score (nSPS) is 14.1. The van der Waals surface area contributed by atoms with Gasteiger partial charge in [0.2, 0.25) is 11.1 Å². The molecule has 0 radical (unpaired) electrons. The second-order valence-corrected chi connectivity index (χ2v) is 6.80. The number of rotatable bonds is 5. The number of nitrogens with two attached hydrogens (primary N) is 1. The van der Waals surface area contributed by atoms with Crippen molar-refractivity contribution in [3.8, 4) is 0 Å². The molecule has 6 nitrogen and oxygen atoms in total. The second kappa shape index (κ2) is 6.25. The van der Waals surface area contributed by atoms with E-state index in [-0.39, 0.29) is 17.3 Å². The number of carbonyl (C=O) groups excluding carboxylic acids is 1. The average Bonchev–Trinajstić information content (AvgIpc) is 3.24. The molecule has 116 valence electrons. The molecule has 1 aliphatic rings. The lowest BCUT2D eigenvalue weighted by Gasteiger charge is -2.06. The molecule has 1 aliphatic carbocycles. The topological polar surface area (TPSA) is 85.8 Å². The number of aromatic nitrogens is 3. The summed E-state index contributed by atoms with van der Waals surface area (Å²) in [5, 5.41) is 11.0. The largest absolute Gasteiger partial charge is 0.336 e. The van der Waals surface area contributed by atoms with Gasteiger partial charge in [-0.1, -0.05) is 27.7 Å². The summed E-state index contributed by atoms with van der Waals surface area (Å²) >= 11 is 4.33. The van der Waals surface area contributed by atoms with Crippen molar-refractivity contribution in [3.63, 3.8) is 0 Å². The molecule has 0 saturated heterocycles. The molecule has 1 aromatic heterocycles. The molecule has 2 aromatic rings. The minimum atomic E-state index is -0.495. The average molecular weight is 386 g/mol. The summed E-state index contributed by atoms with van der Waals surface area (Å²) in [6.45, 7) is 0. The third-order valence-corrected chi connectivity index (χ3v) is 4.61. The van der Waals surface area contributed by atoms with Crippen LogP contribution in [-0.4, -0.2) is 26.5 Å². The van der Waals surface area contributed by atoms with Gasteiger partial charge in [0.1, 0.15) is 5.82 Å². The highest BCUT2D eigenvalue weighted by molar-refractivity contribution is 9.10. The number of nitrogens with one attached hydrogen (secondary N) is 1. The van der Waals surface area contributed by atoms with Gasteiger partial charge in [0, 0.05) is 10.4 Å². The monoisotopic (exact) mass is 385 g/mol. The number of nitrogens with zero attached hydrogens (tertiary/aromatic N) is 3.